The second-order valence-corrected chi connectivity index (χ2v) is 6.23. The molecule has 0 saturated heterocycles. The number of hydrogen-bond acceptors (Lipinski definition) is 3. The standard InChI is InChI=1S/C20H36O3/c1-2-3-4-5-6-7-8-9-10-11-12-13-14-15-16-17-18-19-20(21)23-22/h16-19,22H,2-15H2,1H3. The third kappa shape index (κ3) is 18.9. The number of rotatable bonds is 16. The van der Waals surface area contributed by atoms with Gasteiger partial charge in [0.05, 0.1) is 0 Å². The summed E-state index contributed by atoms with van der Waals surface area (Å²) in [6.07, 6.45) is 25.5. The van der Waals surface area contributed by atoms with Gasteiger partial charge in [0.1, 0.15) is 0 Å². The van der Waals surface area contributed by atoms with Crippen molar-refractivity contribution in [2.75, 3.05) is 0 Å². The molecule has 0 aromatic carbocycles. The lowest BCUT2D eigenvalue weighted by molar-refractivity contribution is -0.228. The molecule has 0 atom stereocenters. The molecule has 3 nitrogen and oxygen atoms in total. The van der Waals surface area contributed by atoms with E-state index in [1.807, 2.05) is 12.2 Å². The molecule has 134 valence electrons. The van der Waals surface area contributed by atoms with Crippen LogP contribution in [0.4, 0.5) is 0 Å². The molecule has 0 unspecified atom stereocenters. The van der Waals surface area contributed by atoms with E-state index in [9.17, 15) is 4.79 Å². The van der Waals surface area contributed by atoms with Gasteiger partial charge in [-0.2, -0.15) is 5.26 Å². The Balaban J connectivity index is 3.14. The van der Waals surface area contributed by atoms with Crippen LogP contribution in [0.25, 0.3) is 0 Å². The van der Waals surface area contributed by atoms with E-state index in [1.165, 1.54) is 89.5 Å². The zero-order valence-electron chi connectivity index (χ0n) is 15.0. The van der Waals surface area contributed by atoms with Crippen LogP contribution in [0.2, 0.25) is 0 Å². The van der Waals surface area contributed by atoms with E-state index in [4.69, 9.17) is 5.26 Å². The Bertz CT molecular complexity index is 308. The Labute approximate surface area is 142 Å². The molecule has 3 heteroatoms. The van der Waals surface area contributed by atoms with Gasteiger partial charge in [-0.25, -0.2) is 4.79 Å². The molecule has 0 bridgehead atoms. The molecular weight excluding hydrogens is 288 g/mol. The lowest BCUT2D eigenvalue weighted by Gasteiger charge is -2.02. The van der Waals surface area contributed by atoms with Crippen LogP contribution in [0, 0.1) is 0 Å². The molecule has 0 aliphatic carbocycles. The Morgan fingerprint density at radius 2 is 1.26 bits per heavy atom. The number of carbonyl (C=O) groups excluding carboxylic acids is 1. The summed E-state index contributed by atoms with van der Waals surface area (Å²) in [7, 11) is 0. The van der Waals surface area contributed by atoms with Gasteiger partial charge in [0.25, 0.3) is 0 Å². The predicted octanol–water partition coefficient (Wildman–Crippen LogP) is 6.60. The molecule has 0 amide bonds. The zero-order valence-corrected chi connectivity index (χ0v) is 15.0. The monoisotopic (exact) mass is 324 g/mol. The van der Waals surface area contributed by atoms with Crippen LogP contribution in [0.1, 0.15) is 96.8 Å². The van der Waals surface area contributed by atoms with Crippen LogP contribution in [-0.2, 0) is 9.68 Å². The quantitative estimate of drug-likeness (QED) is 0.114. The van der Waals surface area contributed by atoms with E-state index in [0.29, 0.717) is 0 Å². The minimum Gasteiger partial charge on any atom is -0.296 e. The van der Waals surface area contributed by atoms with E-state index >= 15 is 0 Å². The van der Waals surface area contributed by atoms with E-state index in [2.05, 4.69) is 11.8 Å². The first kappa shape index (κ1) is 21.9. The summed E-state index contributed by atoms with van der Waals surface area (Å²) < 4.78 is 0. The van der Waals surface area contributed by atoms with Crippen molar-refractivity contribution in [3.05, 3.63) is 24.3 Å². The Kier molecular flexibility index (Phi) is 18.1. The maximum Gasteiger partial charge on any atom is 0.365 e. The van der Waals surface area contributed by atoms with Gasteiger partial charge >= 0.3 is 5.97 Å². The first-order valence-electron chi connectivity index (χ1n) is 9.49. The van der Waals surface area contributed by atoms with Gasteiger partial charge < -0.3 is 0 Å². The van der Waals surface area contributed by atoms with Gasteiger partial charge in [-0.05, 0) is 12.8 Å². The summed E-state index contributed by atoms with van der Waals surface area (Å²) in [6.45, 7) is 2.27. The fourth-order valence-corrected chi connectivity index (χ4v) is 2.62. The lowest BCUT2D eigenvalue weighted by atomic mass is 10.0. The van der Waals surface area contributed by atoms with Crippen LogP contribution in [-0.4, -0.2) is 11.2 Å². The minimum atomic E-state index is -0.740. The van der Waals surface area contributed by atoms with Gasteiger partial charge in [0.15, 0.2) is 0 Å². The van der Waals surface area contributed by atoms with Gasteiger partial charge in [-0.1, -0.05) is 102 Å². The van der Waals surface area contributed by atoms with Crippen molar-refractivity contribution in [1.29, 1.82) is 0 Å². The molecule has 0 heterocycles. The van der Waals surface area contributed by atoms with Crippen molar-refractivity contribution in [3.63, 3.8) is 0 Å². The van der Waals surface area contributed by atoms with Crippen molar-refractivity contribution in [3.8, 4) is 0 Å². The summed E-state index contributed by atoms with van der Waals surface area (Å²) in [5.74, 6) is -0.740. The minimum absolute atomic E-state index is 0.740. The highest BCUT2D eigenvalue weighted by molar-refractivity contribution is 5.81. The zero-order chi connectivity index (χ0) is 17.0. The smallest absolute Gasteiger partial charge is 0.296 e. The Morgan fingerprint density at radius 3 is 1.74 bits per heavy atom. The summed E-state index contributed by atoms with van der Waals surface area (Å²) in [5, 5.41) is 8.04. The molecule has 0 aromatic rings. The molecule has 0 aliphatic rings. The van der Waals surface area contributed by atoms with Gasteiger partial charge in [-0.15, -0.1) is 0 Å². The molecule has 0 rings (SSSR count). The SMILES string of the molecule is CCCCCCCCCCCCCCCC=CC=CC(=O)OO. The van der Waals surface area contributed by atoms with Crippen molar-refractivity contribution in [2.45, 2.75) is 96.8 Å². The average Bonchev–Trinajstić information content (AvgIpc) is 2.57. The maximum atomic E-state index is 10.6. The fraction of sp³-hybridized carbons (Fsp3) is 0.750. The van der Waals surface area contributed by atoms with Crippen molar-refractivity contribution < 1.29 is 14.9 Å². The third-order valence-corrected chi connectivity index (χ3v) is 4.04. The largest absolute Gasteiger partial charge is 0.365 e. The summed E-state index contributed by atoms with van der Waals surface area (Å²) in [5.41, 5.74) is 0. The van der Waals surface area contributed by atoms with E-state index < -0.39 is 5.97 Å². The van der Waals surface area contributed by atoms with Crippen molar-refractivity contribution in [2.24, 2.45) is 0 Å². The molecule has 0 aromatic heterocycles. The fourth-order valence-electron chi connectivity index (χ4n) is 2.62. The van der Waals surface area contributed by atoms with E-state index in [1.54, 1.807) is 6.08 Å². The molecule has 0 fully saturated rings. The van der Waals surface area contributed by atoms with Crippen LogP contribution < -0.4 is 0 Å². The normalized spacial score (nSPS) is 11.6. The summed E-state index contributed by atoms with van der Waals surface area (Å²) in [4.78, 5) is 14.1. The molecular formula is C20H36O3. The highest BCUT2D eigenvalue weighted by Gasteiger charge is 1.93. The van der Waals surface area contributed by atoms with Crippen LogP contribution in [0.15, 0.2) is 24.3 Å². The van der Waals surface area contributed by atoms with Gasteiger partial charge in [0.2, 0.25) is 0 Å². The van der Waals surface area contributed by atoms with Crippen LogP contribution in [0.5, 0.6) is 0 Å². The average molecular weight is 325 g/mol. The second-order valence-electron chi connectivity index (χ2n) is 6.23. The number of hydrogen-bond donors (Lipinski definition) is 1. The number of allylic oxidation sites excluding steroid dienone is 3. The van der Waals surface area contributed by atoms with Crippen LogP contribution >= 0.6 is 0 Å². The Hall–Kier alpha value is -1.09. The van der Waals surface area contributed by atoms with Crippen molar-refractivity contribution in [1.82, 2.24) is 0 Å². The van der Waals surface area contributed by atoms with E-state index in [-0.39, 0.29) is 0 Å². The molecule has 0 radical (unpaired) electrons. The van der Waals surface area contributed by atoms with E-state index in [0.717, 1.165) is 6.42 Å². The highest BCUT2D eigenvalue weighted by Crippen LogP contribution is 2.12. The first-order valence-corrected chi connectivity index (χ1v) is 9.49. The van der Waals surface area contributed by atoms with Crippen molar-refractivity contribution >= 4 is 5.97 Å². The number of carbonyl (C=O) groups is 1. The molecule has 0 saturated carbocycles. The molecule has 0 spiro atoms. The third-order valence-electron chi connectivity index (χ3n) is 4.04. The molecule has 1 N–H and O–H groups in total. The molecule has 0 aliphatic heterocycles. The topological polar surface area (TPSA) is 46.5 Å². The van der Waals surface area contributed by atoms with Gasteiger partial charge in [-0.3, -0.25) is 4.89 Å². The molecule has 23 heavy (non-hydrogen) atoms. The van der Waals surface area contributed by atoms with Crippen LogP contribution in [0.3, 0.4) is 0 Å². The van der Waals surface area contributed by atoms with Gasteiger partial charge in [0, 0.05) is 6.08 Å². The second kappa shape index (κ2) is 19.0. The Morgan fingerprint density at radius 1 is 0.783 bits per heavy atom. The highest BCUT2D eigenvalue weighted by atomic mass is 17.1. The number of unbranched alkanes of at least 4 members (excludes halogenated alkanes) is 13. The summed E-state index contributed by atoms with van der Waals surface area (Å²) >= 11 is 0. The summed E-state index contributed by atoms with van der Waals surface area (Å²) in [6, 6.07) is 0. The maximum absolute atomic E-state index is 10.6. The predicted molar refractivity (Wildman–Crippen MR) is 97.3 cm³/mol. The first-order chi connectivity index (χ1) is 11.3. The lowest BCUT2D eigenvalue weighted by Crippen LogP contribution is -1.93.